The SMILES string of the molecule is CC(=O)Oc1c(C=Nn2c(C(C)C)nc3ccc(Br)cc3c2=O)cccc1[N+](=O)[O-]. The van der Waals surface area contributed by atoms with E-state index < -0.39 is 10.9 Å². The van der Waals surface area contributed by atoms with E-state index in [0.29, 0.717) is 16.7 Å². The highest BCUT2D eigenvalue weighted by Crippen LogP contribution is 2.30. The second-order valence-corrected chi connectivity index (χ2v) is 7.61. The molecule has 1 aromatic heterocycles. The molecular weight excluding hydrogens is 456 g/mol. The van der Waals surface area contributed by atoms with Gasteiger partial charge in [0.25, 0.3) is 5.56 Å². The van der Waals surface area contributed by atoms with E-state index in [-0.39, 0.29) is 28.5 Å². The van der Waals surface area contributed by atoms with Gasteiger partial charge in [0.05, 0.1) is 22.0 Å². The average molecular weight is 473 g/mol. The van der Waals surface area contributed by atoms with Gasteiger partial charge in [-0.3, -0.25) is 19.7 Å². The zero-order valence-corrected chi connectivity index (χ0v) is 17.9. The second-order valence-electron chi connectivity index (χ2n) is 6.69. The van der Waals surface area contributed by atoms with Crippen LogP contribution in [0.4, 0.5) is 5.69 Å². The van der Waals surface area contributed by atoms with E-state index in [9.17, 15) is 19.7 Å². The van der Waals surface area contributed by atoms with Gasteiger partial charge in [-0.15, -0.1) is 0 Å². The van der Waals surface area contributed by atoms with E-state index in [2.05, 4.69) is 26.0 Å². The molecule has 1 heterocycles. The predicted molar refractivity (Wildman–Crippen MR) is 115 cm³/mol. The molecule has 0 N–H and O–H groups in total. The minimum atomic E-state index is -0.712. The number of para-hydroxylation sites is 1. The van der Waals surface area contributed by atoms with E-state index in [1.165, 1.54) is 24.4 Å². The Morgan fingerprint density at radius 1 is 1.33 bits per heavy atom. The Hall–Kier alpha value is -3.40. The van der Waals surface area contributed by atoms with Crippen molar-refractivity contribution in [1.29, 1.82) is 0 Å². The van der Waals surface area contributed by atoms with Gasteiger partial charge in [-0.25, -0.2) is 4.98 Å². The van der Waals surface area contributed by atoms with Crippen LogP contribution in [-0.4, -0.2) is 26.8 Å². The molecule has 3 aromatic rings. The lowest BCUT2D eigenvalue weighted by Crippen LogP contribution is -2.23. The van der Waals surface area contributed by atoms with Crippen LogP contribution in [0.25, 0.3) is 10.9 Å². The maximum atomic E-state index is 13.1. The van der Waals surface area contributed by atoms with Gasteiger partial charge in [0.2, 0.25) is 5.75 Å². The fourth-order valence-electron chi connectivity index (χ4n) is 2.81. The zero-order valence-electron chi connectivity index (χ0n) is 16.3. The van der Waals surface area contributed by atoms with Gasteiger partial charge in [-0.1, -0.05) is 35.8 Å². The molecule has 0 saturated carbocycles. The summed E-state index contributed by atoms with van der Waals surface area (Å²) in [7, 11) is 0. The van der Waals surface area contributed by atoms with Crippen LogP contribution in [0.3, 0.4) is 0 Å². The second kappa shape index (κ2) is 8.54. The third-order valence-electron chi connectivity index (χ3n) is 4.13. The first-order valence-electron chi connectivity index (χ1n) is 8.91. The van der Waals surface area contributed by atoms with Crippen molar-refractivity contribution in [1.82, 2.24) is 9.66 Å². The Balaban J connectivity index is 2.21. The molecule has 10 heteroatoms. The summed E-state index contributed by atoms with van der Waals surface area (Å²) in [4.78, 5) is 39.7. The molecule has 3 rings (SSSR count). The van der Waals surface area contributed by atoms with Crippen molar-refractivity contribution >= 4 is 44.7 Å². The molecule has 154 valence electrons. The van der Waals surface area contributed by atoms with E-state index in [0.717, 1.165) is 16.1 Å². The highest BCUT2D eigenvalue weighted by Gasteiger charge is 2.20. The molecular formula is C20H17BrN4O5. The van der Waals surface area contributed by atoms with Crippen LogP contribution in [0, 0.1) is 10.1 Å². The van der Waals surface area contributed by atoms with Crippen LogP contribution in [0.15, 0.2) is 50.8 Å². The Labute approximate surface area is 179 Å². The van der Waals surface area contributed by atoms with Gasteiger partial charge in [0.15, 0.2) is 0 Å². The van der Waals surface area contributed by atoms with Gasteiger partial charge in [0.1, 0.15) is 5.82 Å². The number of benzene rings is 2. The van der Waals surface area contributed by atoms with Crippen LogP contribution >= 0.6 is 15.9 Å². The number of nitro benzene ring substituents is 1. The van der Waals surface area contributed by atoms with Crippen molar-refractivity contribution in [3.63, 3.8) is 0 Å². The normalized spacial score (nSPS) is 11.4. The summed E-state index contributed by atoms with van der Waals surface area (Å²) >= 11 is 3.34. The van der Waals surface area contributed by atoms with E-state index in [1.807, 2.05) is 13.8 Å². The molecule has 0 saturated heterocycles. The van der Waals surface area contributed by atoms with Gasteiger partial charge >= 0.3 is 11.7 Å². The molecule has 0 aliphatic rings. The molecule has 0 radical (unpaired) electrons. The molecule has 30 heavy (non-hydrogen) atoms. The van der Waals surface area contributed by atoms with Crippen molar-refractivity contribution in [3.05, 3.63) is 72.7 Å². The molecule has 0 aliphatic heterocycles. The molecule has 0 spiro atoms. The predicted octanol–water partition coefficient (Wildman–Crippen LogP) is 4.00. The van der Waals surface area contributed by atoms with Crippen molar-refractivity contribution in [3.8, 4) is 5.75 Å². The van der Waals surface area contributed by atoms with Gasteiger partial charge in [-0.2, -0.15) is 9.78 Å². The van der Waals surface area contributed by atoms with Gasteiger partial charge in [0, 0.05) is 28.9 Å². The van der Waals surface area contributed by atoms with Crippen LogP contribution < -0.4 is 10.3 Å². The zero-order chi connectivity index (χ0) is 22.0. The van der Waals surface area contributed by atoms with Crippen molar-refractivity contribution in [2.75, 3.05) is 0 Å². The summed E-state index contributed by atoms with van der Waals surface area (Å²) in [5.74, 6) is -0.655. The monoisotopic (exact) mass is 472 g/mol. The fourth-order valence-corrected chi connectivity index (χ4v) is 3.17. The van der Waals surface area contributed by atoms with Crippen LogP contribution in [0.2, 0.25) is 0 Å². The Morgan fingerprint density at radius 2 is 2.07 bits per heavy atom. The number of ether oxygens (including phenoxy) is 1. The number of nitro groups is 1. The number of carbonyl (C=O) groups is 1. The number of fused-ring (bicyclic) bond motifs is 1. The third-order valence-corrected chi connectivity index (χ3v) is 4.62. The van der Waals surface area contributed by atoms with Gasteiger partial charge in [-0.05, 0) is 24.3 Å². The molecule has 0 atom stereocenters. The van der Waals surface area contributed by atoms with Crippen LogP contribution in [-0.2, 0) is 4.79 Å². The third kappa shape index (κ3) is 4.28. The Bertz CT molecular complexity index is 1250. The highest BCUT2D eigenvalue weighted by molar-refractivity contribution is 9.10. The maximum Gasteiger partial charge on any atom is 0.312 e. The van der Waals surface area contributed by atoms with E-state index in [1.54, 1.807) is 18.2 Å². The average Bonchev–Trinajstić information content (AvgIpc) is 2.67. The Morgan fingerprint density at radius 3 is 2.70 bits per heavy atom. The van der Waals surface area contributed by atoms with E-state index >= 15 is 0 Å². The molecule has 0 aliphatic carbocycles. The lowest BCUT2D eigenvalue weighted by molar-refractivity contribution is -0.385. The number of halogens is 1. The summed E-state index contributed by atoms with van der Waals surface area (Å²) in [5.41, 5.74) is -0.0588. The highest BCUT2D eigenvalue weighted by atomic mass is 79.9. The topological polar surface area (TPSA) is 117 Å². The molecule has 0 amide bonds. The number of hydrogen-bond acceptors (Lipinski definition) is 7. The van der Waals surface area contributed by atoms with Gasteiger partial charge < -0.3 is 4.74 Å². The smallest absolute Gasteiger partial charge is 0.312 e. The molecule has 0 fully saturated rings. The van der Waals surface area contributed by atoms with E-state index in [4.69, 9.17) is 4.74 Å². The quantitative estimate of drug-likeness (QED) is 0.182. The number of nitrogens with zero attached hydrogens (tertiary/aromatic N) is 4. The lowest BCUT2D eigenvalue weighted by Gasteiger charge is -2.12. The number of rotatable bonds is 5. The van der Waals surface area contributed by atoms with Crippen molar-refractivity contribution < 1.29 is 14.5 Å². The molecule has 9 nitrogen and oxygen atoms in total. The number of aromatic nitrogens is 2. The lowest BCUT2D eigenvalue weighted by atomic mass is 10.2. The number of carbonyl (C=O) groups excluding carboxylic acids is 1. The summed E-state index contributed by atoms with van der Waals surface area (Å²) in [5, 5.41) is 15.9. The summed E-state index contributed by atoms with van der Waals surface area (Å²) < 4.78 is 6.91. The molecule has 0 bridgehead atoms. The maximum absolute atomic E-state index is 13.1. The first-order chi connectivity index (χ1) is 14.2. The number of hydrogen-bond donors (Lipinski definition) is 0. The largest absolute Gasteiger partial charge is 0.419 e. The Kier molecular flexibility index (Phi) is 6.06. The molecule has 2 aromatic carbocycles. The van der Waals surface area contributed by atoms with Crippen molar-refractivity contribution in [2.24, 2.45) is 5.10 Å². The molecule has 0 unspecified atom stereocenters. The standard InChI is InChI=1S/C20H17BrN4O5/c1-11(2)19-23-16-8-7-14(21)9-15(16)20(27)24(19)22-10-13-5-4-6-17(25(28)29)18(13)30-12(3)26/h4-11H,1-3H3. The van der Waals surface area contributed by atoms with Crippen LogP contribution in [0.5, 0.6) is 5.75 Å². The summed E-state index contributed by atoms with van der Waals surface area (Å²) in [6.07, 6.45) is 1.24. The fraction of sp³-hybridized carbons (Fsp3) is 0.200. The minimum absolute atomic E-state index is 0.124. The summed E-state index contributed by atoms with van der Waals surface area (Å²) in [6.45, 7) is 4.89. The number of esters is 1. The first kappa shape index (κ1) is 21.3. The summed E-state index contributed by atoms with van der Waals surface area (Å²) in [6, 6.07) is 9.34. The van der Waals surface area contributed by atoms with Crippen molar-refractivity contribution in [2.45, 2.75) is 26.7 Å². The minimum Gasteiger partial charge on any atom is -0.419 e. The van der Waals surface area contributed by atoms with Crippen LogP contribution in [0.1, 0.15) is 38.1 Å². The first-order valence-corrected chi connectivity index (χ1v) is 9.70.